The van der Waals surface area contributed by atoms with Crippen LogP contribution in [0, 0.1) is 11.3 Å². The number of carbonyl (C=O) groups excluding carboxylic acids is 2. The summed E-state index contributed by atoms with van der Waals surface area (Å²) in [5, 5.41) is 19.2. The van der Waals surface area contributed by atoms with Gasteiger partial charge in [-0.1, -0.05) is 321 Å². The molecular weight excluding hydrogens is 865 g/mol. The Morgan fingerprint density at radius 2 is 0.614 bits per heavy atom. The molecule has 414 valence electrons. The zero-order valence-electron chi connectivity index (χ0n) is 47.1. The van der Waals surface area contributed by atoms with Crippen molar-refractivity contribution in [2.45, 2.75) is 347 Å². The maximum absolute atomic E-state index is 12.5. The summed E-state index contributed by atoms with van der Waals surface area (Å²) in [6, 6.07) is 0. The number of ether oxygens (including phenoxy) is 2. The lowest BCUT2D eigenvalue weighted by Gasteiger charge is -2.27. The quantitative estimate of drug-likeness (QED) is 0.0358. The first-order valence-electron chi connectivity index (χ1n) is 31.8. The van der Waals surface area contributed by atoms with Crippen LogP contribution in [0.2, 0.25) is 0 Å². The average Bonchev–Trinajstić information content (AvgIpc) is 3.43. The van der Waals surface area contributed by atoms with E-state index in [-0.39, 0.29) is 19.6 Å². The smallest absolute Gasteiger partial charge is 0.309 e. The van der Waals surface area contributed by atoms with Crippen molar-refractivity contribution in [2.75, 3.05) is 26.4 Å². The summed E-state index contributed by atoms with van der Waals surface area (Å²) < 4.78 is 10.6. The van der Waals surface area contributed by atoms with E-state index in [1.807, 2.05) is 0 Å². The molecule has 2 N–H and O–H groups in total. The van der Waals surface area contributed by atoms with Gasteiger partial charge in [0.2, 0.25) is 0 Å². The second kappa shape index (κ2) is 53.9. The highest BCUT2D eigenvalue weighted by Crippen LogP contribution is 2.25. The standard InChI is InChI=1S/C64H122O6/c1-2-3-4-5-6-7-8-9-10-11-12-13-14-15-16-17-18-19-20-21-22-23-24-25-26-27-28-29-30-31-32-33-34-35-36-37-38-39-40-41-42-43-44-45-46-47-48-49-50-51-52-53-54-55-61-56-62(67)69-59-64(57-65,58-66)60-70-63(61)68/h32-33,61,65-66H,2-31,34-60H2,1H3/b33-32+. The summed E-state index contributed by atoms with van der Waals surface area (Å²) >= 11 is 0. The zero-order chi connectivity index (χ0) is 50.4. The molecule has 1 atom stereocenters. The first-order chi connectivity index (χ1) is 34.6. The molecule has 1 unspecified atom stereocenters. The Kier molecular flexibility index (Phi) is 51.3. The molecule has 1 fully saturated rings. The molecule has 6 nitrogen and oxygen atoms in total. The number of esters is 2. The van der Waals surface area contributed by atoms with Gasteiger partial charge in [0.15, 0.2) is 0 Å². The topological polar surface area (TPSA) is 93.1 Å². The van der Waals surface area contributed by atoms with Crippen LogP contribution in [0.15, 0.2) is 12.2 Å². The second-order valence-corrected chi connectivity index (χ2v) is 22.8. The van der Waals surface area contributed by atoms with Gasteiger partial charge >= 0.3 is 11.9 Å². The van der Waals surface area contributed by atoms with Gasteiger partial charge in [-0.3, -0.25) is 9.59 Å². The summed E-state index contributed by atoms with van der Waals surface area (Å²) in [5.41, 5.74) is -1.12. The molecule has 1 heterocycles. The second-order valence-electron chi connectivity index (χ2n) is 22.8. The van der Waals surface area contributed by atoms with Crippen LogP contribution < -0.4 is 0 Å². The number of hydrogen-bond donors (Lipinski definition) is 2. The Labute approximate surface area is 436 Å². The highest BCUT2D eigenvalue weighted by atomic mass is 16.6. The van der Waals surface area contributed by atoms with Gasteiger partial charge in [-0.15, -0.1) is 0 Å². The SMILES string of the molecule is CCCCCCCCCCCCCCCCCCCCCCCCCCCCCCC/C=C/CCCCCCCCCCCCCCCCCCCCCCC1CC(=O)OCC(CO)(CO)COC1=O. The van der Waals surface area contributed by atoms with E-state index in [0.29, 0.717) is 6.42 Å². The van der Waals surface area contributed by atoms with Crippen LogP contribution in [0.25, 0.3) is 0 Å². The van der Waals surface area contributed by atoms with Crippen LogP contribution >= 0.6 is 0 Å². The molecule has 0 saturated carbocycles. The predicted molar refractivity (Wildman–Crippen MR) is 302 cm³/mol. The van der Waals surface area contributed by atoms with Gasteiger partial charge in [0, 0.05) is 0 Å². The summed E-state index contributed by atoms with van der Waals surface area (Å²) in [6.45, 7) is 1.21. The summed E-state index contributed by atoms with van der Waals surface area (Å²) in [7, 11) is 0. The Morgan fingerprint density at radius 3 is 0.886 bits per heavy atom. The molecule has 0 radical (unpaired) electrons. The largest absolute Gasteiger partial charge is 0.465 e. The normalized spacial score (nSPS) is 15.3. The zero-order valence-corrected chi connectivity index (χ0v) is 47.1. The van der Waals surface area contributed by atoms with Crippen LogP contribution in [-0.2, 0) is 19.1 Å². The lowest BCUT2D eigenvalue weighted by molar-refractivity contribution is -0.155. The van der Waals surface area contributed by atoms with Crippen molar-refractivity contribution in [1.29, 1.82) is 0 Å². The number of unbranched alkanes of at least 4 members (excludes halogenated alkanes) is 49. The molecule has 0 bridgehead atoms. The van der Waals surface area contributed by atoms with Crippen LogP contribution in [-0.4, -0.2) is 48.6 Å². The molecule has 1 aliphatic heterocycles. The first kappa shape index (κ1) is 66.6. The van der Waals surface area contributed by atoms with E-state index < -0.39 is 36.5 Å². The summed E-state index contributed by atoms with van der Waals surface area (Å²) in [4.78, 5) is 24.7. The molecule has 6 heteroatoms. The highest BCUT2D eigenvalue weighted by Gasteiger charge is 2.36. The van der Waals surface area contributed by atoms with Crippen molar-refractivity contribution < 1.29 is 29.3 Å². The number of cyclic esters (lactones) is 2. The van der Waals surface area contributed by atoms with E-state index in [9.17, 15) is 19.8 Å². The number of rotatable bonds is 55. The minimum absolute atomic E-state index is 0.00403. The molecule has 1 saturated heterocycles. The van der Waals surface area contributed by atoms with Gasteiger partial charge in [-0.2, -0.15) is 0 Å². The van der Waals surface area contributed by atoms with Crippen molar-refractivity contribution in [2.24, 2.45) is 11.3 Å². The average molecular weight is 988 g/mol. The first-order valence-corrected chi connectivity index (χ1v) is 31.8. The molecule has 70 heavy (non-hydrogen) atoms. The Balaban J connectivity index is 1.69. The van der Waals surface area contributed by atoms with Crippen LogP contribution in [0.3, 0.4) is 0 Å². The monoisotopic (exact) mass is 987 g/mol. The minimum atomic E-state index is -1.12. The molecule has 0 aromatic heterocycles. The number of aliphatic hydroxyl groups is 2. The fourth-order valence-electron chi connectivity index (χ4n) is 10.6. The van der Waals surface area contributed by atoms with Crippen molar-refractivity contribution >= 4 is 11.9 Å². The third-order valence-corrected chi connectivity index (χ3v) is 15.8. The van der Waals surface area contributed by atoms with Gasteiger partial charge < -0.3 is 19.7 Å². The van der Waals surface area contributed by atoms with Crippen molar-refractivity contribution in [3.8, 4) is 0 Å². The molecule has 0 spiro atoms. The Bertz CT molecular complexity index is 1100. The van der Waals surface area contributed by atoms with Crippen LogP contribution in [0.1, 0.15) is 347 Å². The third kappa shape index (κ3) is 45.2. The van der Waals surface area contributed by atoms with E-state index in [4.69, 9.17) is 9.47 Å². The molecule has 0 aliphatic carbocycles. The number of allylic oxidation sites excluding steroid dienone is 2. The van der Waals surface area contributed by atoms with E-state index in [1.54, 1.807) is 0 Å². The maximum atomic E-state index is 12.5. The van der Waals surface area contributed by atoms with E-state index in [2.05, 4.69) is 19.1 Å². The van der Waals surface area contributed by atoms with Gasteiger partial charge in [-0.25, -0.2) is 0 Å². The van der Waals surface area contributed by atoms with Crippen molar-refractivity contribution in [3.63, 3.8) is 0 Å². The lowest BCUT2D eigenvalue weighted by Crippen LogP contribution is -2.40. The summed E-state index contributed by atoms with van der Waals surface area (Å²) in [5.74, 6) is -1.40. The fraction of sp³-hybridized carbons (Fsp3) is 0.938. The van der Waals surface area contributed by atoms with Gasteiger partial charge in [0.05, 0.1) is 31.0 Å². The van der Waals surface area contributed by atoms with Crippen LogP contribution in [0.5, 0.6) is 0 Å². The van der Waals surface area contributed by atoms with Crippen molar-refractivity contribution in [3.05, 3.63) is 12.2 Å². The molecule has 0 amide bonds. The number of aliphatic hydroxyl groups excluding tert-OH is 2. The van der Waals surface area contributed by atoms with E-state index >= 15 is 0 Å². The van der Waals surface area contributed by atoms with Crippen LogP contribution in [0.4, 0.5) is 0 Å². The number of hydrogen-bond acceptors (Lipinski definition) is 6. The highest BCUT2D eigenvalue weighted by molar-refractivity contribution is 5.80. The molecule has 0 aromatic rings. The lowest BCUT2D eigenvalue weighted by atomic mass is 9.92. The summed E-state index contributed by atoms with van der Waals surface area (Å²) in [6.07, 6.45) is 77.2. The van der Waals surface area contributed by atoms with Gasteiger partial charge in [-0.05, 0) is 32.1 Å². The molecular formula is C64H122O6. The maximum Gasteiger partial charge on any atom is 0.309 e. The third-order valence-electron chi connectivity index (χ3n) is 15.8. The Hall–Kier alpha value is -1.40. The van der Waals surface area contributed by atoms with Gasteiger partial charge in [0.1, 0.15) is 13.2 Å². The number of carbonyl (C=O) groups is 2. The van der Waals surface area contributed by atoms with E-state index in [0.717, 1.165) is 19.3 Å². The van der Waals surface area contributed by atoms with Crippen molar-refractivity contribution in [1.82, 2.24) is 0 Å². The molecule has 1 aliphatic rings. The molecule has 1 rings (SSSR count). The predicted octanol–water partition coefficient (Wildman–Crippen LogP) is 19.9. The fourth-order valence-corrected chi connectivity index (χ4v) is 10.6. The van der Waals surface area contributed by atoms with E-state index in [1.165, 1.54) is 308 Å². The minimum Gasteiger partial charge on any atom is -0.465 e. The Morgan fingerprint density at radius 1 is 0.371 bits per heavy atom. The van der Waals surface area contributed by atoms with Gasteiger partial charge in [0.25, 0.3) is 0 Å². The molecule has 0 aromatic carbocycles.